The number of nitrogens with one attached hydrogen (secondary N) is 3. The van der Waals surface area contributed by atoms with Gasteiger partial charge >= 0.3 is 0 Å². The molecule has 5 nitrogen and oxygen atoms in total. The fourth-order valence-electron chi connectivity index (χ4n) is 2.49. The molecular formula is C17H17ClN4O. The molecule has 0 aliphatic carbocycles. The standard InChI is InChI=1S/C17H17ClN4O/c1-2-19-16(11-4-3-5-13(18)8-11)17(23)21-14-6-7-15-12(9-14)10-20-22-15/h3-10,16,19H,2H2,1H3,(H,20,22)(H,21,23). The van der Waals surface area contributed by atoms with Crippen LogP contribution in [0, 0.1) is 0 Å². The zero-order valence-corrected chi connectivity index (χ0v) is 13.4. The third-order valence-electron chi connectivity index (χ3n) is 3.56. The molecule has 0 radical (unpaired) electrons. The number of hydrogen-bond donors (Lipinski definition) is 3. The van der Waals surface area contributed by atoms with Gasteiger partial charge in [-0.1, -0.05) is 30.7 Å². The van der Waals surface area contributed by atoms with E-state index in [0.717, 1.165) is 22.2 Å². The summed E-state index contributed by atoms with van der Waals surface area (Å²) < 4.78 is 0. The van der Waals surface area contributed by atoms with Gasteiger partial charge in [0.2, 0.25) is 5.91 Å². The van der Waals surface area contributed by atoms with Crippen LogP contribution in [-0.4, -0.2) is 22.6 Å². The summed E-state index contributed by atoms with van der Waals surface area (Å²) in [6.45, 7) is 2.63. The minimum atomic E-state index is -0.459. The highest BCUT2D eigenvalue weighted by Gasteiger charge is 2.20. The van der Waals surface area contributed by atoms with E-state index in [1.165, 1.54) is 0 Å². The van der Waals surface area contributed by atoms with Gasteiger partial charge in [-0.3, -0.25) is 9.89 Å². The van der Waals surface area contributed by atoms with E-state index in [0.29, 0.717) is 11.6 Å². The van der Waals surface area contributed by atoms with Gasteiger partial charge in [-0.05, 0) is 42.4 Å². The molecule has 0 saturated heterocycles. The Morgan fingerprint density at radius 2 is 2.17 bits per heavy atom. The van der Waals surface area contributed by atoms with Crippen molar-refractivity contribution in [2.24, 2.45) is 0 Å². The summed E-state index contributed by atoms with van der Waals surface area (Å²) in [4.78, 5) is 12.6. The maximum Gasteiger partial charge on any atom is 0.246 e. The third kappa shape index (κ3) is 3.52. The summed E-state index contributed by atoms with van der Waals surface area (Å²) in [5.74, 6) is -0.128. The van der Waals surface area contributed by atoms with Crippen LogP contribution in [0.3, 0.4) is 0 Å². The summed E-state index contributed by atoms with van der Waals surface area (Å²) >= 11 is 6.04. The molecule has 3 rings (SSSR count). The number of fused-ring (bicyclic) bond motifs is 1. The molecule has 23 heavy (non-hydrogen) atoms. The molecule has 118 valence electrons. The number of aromatic amines is 1. The number of carbonyl (C=O) groups is 1. The molecule has 1 aromatic heterocycles. The first-order valence-electron chi connectivity index (χ1n) is 7.40. The largest absolute Gasteiger partial charge is 0.324 e. The first kappa shape index (κ1) is 15.5. The molecule has 0 spiro atoms. The van der Waals surface area contributed by atoms with E-state index >= 15 is 0 Å². The molecule has 1 atom stereocenters. The number of benzene rings is 2. The summed E-state index contributed by atoms with van der Waals surface area (Å²) in [5, 5.41) is 14.6. The van der Waals surface area contributed by atoms with E-state index < -0.39 is 6.04 Å². The van der Waals surface area contributed by atoms with Crippen molar-refractivity contribution in [2.75, 3.05) is 11.9 Å². The molecule has 3 aromatic rings. The average Bonchev–Trinajstić information content (AvgIpc) is 3.00. The predicted octanol–water partition coefficient (Wildman–Crippen LogP) is 3.51. The van der Waals surface area contributed by atoms with Crippen molar-refractivity contribution < 1.29 is 4.79 Å². The number of hydrogen-bond acceptors (Lipinski definition) is 3. The lowest BCUT2D eigenvalue weighted by Crippen LogP contribution is -2.32. The highest BCUT2D eigenvalue weighted by atomic mass is 35.5. The monoisotopic (exact) mass is 328 g/mol. The van der Waals surface area contributed by atoms with Crippen LogP contribution >= 0.6 is 11.6 Å². The molecular weight excluding hydrogens is 312 g/mol. The van der Waals surface area contributed by atoms with Crippen LogP contribution in [0.4, 0.5) is 5.69 Å². The molecule has 1 heterocycles. The number of likely N-dealkylation sites (N-methyl/N-ethyl adjacent to an activating group) is 1. The number of amides is 1. The molecule has 6 heteroatoms. The maximum absolute atomic E-state index is 12.6. The van der Waals surface area contributed by atoms with Gasteiger partial charge < -0.3 is 10.6 Å². The smallest absolute Gasteiger partial charge is 0.246 e. The van der Waals surface area contributed by atoms with Crippen molar-refractivity contribution in [1.29, 1.82) is 0 Å². The van der Waals surface area contributed by atoms with Gasteiger partial charge in [-0.25, -0.2) is 0 Å². The van der Waals surface area contributed by atoms with Gasteiger partial charge in [-0.15, -0.1) is 0 Å². The summed E-state index contributed by atoms with van der Waals surface area (Å²) in [6, 6.07) is 12.5. The first-order chi connectivity index (χ1) is 11.2. The van der Waals surface area contributed by atoms with Crippen LogP contribution in [0.1, 0.15) is 18.5 Å². The van der Waals surface area contributed by atoms with Crippen LogP contribution in [0.5, 0.6) is 0 Å². The van der Waals surface area contributed by atoms with E-state index in [2.05, 4.69) is 20.8 Å². The molecule has 1 unspecified atom stereocenters. The van der Waals surface area contributed by atoms with Crippen molar-refractivity contribution >= 4 is 34.1 Å². The number of halogens is 1. The van der Waals surface area contributed by atoms with E-state index in [1.807, 2.05) is 37.3 Å². The van der Waals surface area contributed by atoms with Gasteiger partial charge in [0.1, 0.15) is 6.04 Å². The minimum absolute atomic E-state index is 0.128. The molecule has 0 saturated carbocycles. The number of H-pyrrole nitrogens is 1. The van der Waals surface area contributed by atoms with Crippen molar-refractivity contribution in [3.8, 4) is 0 Å². The highest BCUT2D eigenvalue weighted by molar-refractivity contribution is 6.30. The van der Waals surface area contributed by atoms with Crippen LogP contribution in [0.15, 0.2) is 48.7 Å². The van der Waals surface area contributed by atoms with Crippen LogP contribution in [0.25, 0.3) is 10.9 Å². The molecule has 2 aromatic carbocycles. The molecule has 3 N–H and O–H groups in total. The van der Waals surface area contributed by atoms with E-state index in [9.17, 15) is 4.79 Å². The molecule has 0 fully saturated rings. The van der Waals surface area contributed by atoms with Crippen LogP contribution in [-0.2, 0) is 4.79 Å². The quantitative estimate of drug-likeness (QED) is 0.671. The Labute approximate surface area is 139 Å². The Morgan fingerprint density at radius 1 is 1.30 bits per heavy atom. The lowest BCUT2D eigenvalue weighted by atomic mass is 10.1. The average molecular weight is 329 g/mol. The van der Waals surface area contributed by atoms with Crippen molar-refractivity contribution in [3.05, 3.63) is 59.2 Å². The van der Waals surface area contributed by atoms with Crippen LogP contribution in [0.2, 0.25) is 5.02 Å². The highest BCUT2D eigenvalue weighted by Crippen LogP contribution is 2.21. The number of rotatable bonds is 5. The number of nitrogens with zero attached hydrogens (tertiary/aromatic N) is 1. The van der Waals surface area contributed by atoms with Crippen LogP contribution < -0.4 is 10.6 Å². The fourth-order valence-corrected chi connectivity index (χ4v) is 2.69. The Morgan fingerprint density at radius 3 is 2.96 bits per heavy atom. The summed E-state index contributed by atoms with van der Waals surface area (Å²) in [6.07, 6.45) is 1.73. The topological polar surface area (TPSA) is 69.8 Å². The molecule has 1 amide bonds. The first-order valence-corrected chi connectivity index (χ1v) is 7.78. The normalized spacial score (nSPS) is 12.3. The second-order valence-corrected chi connectivity index (χ2v) is 5.64. The molecule has 0 aliphatic heterocycles. The summed E-state index contributed by atoms with van der Waals surface area (Å²) in [5.41, 5.74) is 2.50. The Kier molecular flexibility index (Phi) is 4.60. The second-order valence-electron chi connectivity index (χ2n) is 5.21. The molecule has 0 bridgehead atoms. The predicted molar refractivity (Wildman–Crippen MR) is 92.6 cm³/mol. The minimum Gasteiger partial charge on any atom is -0.324 e. The van der Waals surface area contributed by atoms with Gasteiger partial charge in [0.25, 0.3) is 0 Å². The van der Waals surface area contributed by atoms with Gasteiger partial charge in [0, 0.05) is 16.1 Å². The Bertz CT molecular complexity index is 830. The lowest BCUT2D eigenvalue weighted by Gasteiger charge is -2.18. The summed E-state index contributed by atoms with van der Waals surface area (Å²) in [7, 11) is 0. The number of anilines is 1. The Balaban J connectivity index is 1.83. The van der Waals surface area contributed by atoms with E-state index in [-0.39, 0.29) is 5.91 Å². The van der Waals surface area contributed by atoms with Gasteiger partial charge in [-0.2, -0.15) is 5.10 Å². The number of aromatic nitrogens is 2. The maximum atomic E-state index is 12.6. The van der Waals surface area contributed by atoms with Crippen molar-refractivity contribution in [3.63, 3.8) is 0 Å². The van der Waals surface area contributed by atoms with Gasteiger partial charge in [0.05, 0.1) is 11.7 Å². The third-order valence-corrected chi connectivity index (χ3v) is 3.80. The van der Waals surface area contributed by atoms with Crippen molar-refractivity contribution in [2.45, 2.75) is 13.0 Å². The lowest BCUT2D eigenvalue weighted by molar-refractivity contribution is -0.118. The fraction of sp³-hybridized carbons (Fsp3) is 0.176. The van der Waals surface area contributed by atoms with E-state index in [1.54, 1.807) is 18.3 Å². The zero-order valence-electron chi connectivity index (χ0n) is 12.6. The Hall–Kier alpha value is -2.37. The SMILES string of the molecule is CCNC(C(=O)Nc1ccc2[nH]ncc2c1)c1cccc(Cl)c1. The van der Waals surface area contributed by atoms with E-state index in [4.69, 9.17) is 11.6 Å². The second kappa shape index (κ2) is 6.81. The number of carbonyl (C=O) groups excluding carboxylic acids is 1. The molecule has 0 aliphatic rings. The zero-order chi connectivity index (χ0) is 16.2. The van der Waals surface area contributed by atoms with Gasteiger partial charge in [0.15, 0.2) is 0 Å². The van der Waals surface area contributed by atoms with Crippen molar-refractivity contribution in [1.82, 2.24) is 15.5 Å².